The first kappa shape index (κ1) is 28.4. The molecular formula is C44H34N2O. The number of para-hydroxylation sites is 1. The van der Waals surface area contributed by atoms with Crippen molar-refractivity contribution in [3.05, 3.63) is 187 Å². The second-order valence-corrected chi connectivity index (χ2v) is 11.9. The molecule has 0 saturated carbocycles. The number of anilines is 5. The largest absolute Gasteiger partial charge is 0.508 e. The van der Waals surface area contributed by atoms with Crippen molar-refractivity contribution in [3.63, 3.8) is 0 Å². The van der Waals surface area contributed by atoms with Gasteiger partial charge in [0.15, 0.2) is 0 Å². The summed E-state index contributed by atoms with van der Waals surface area (Å²) in [5.41, 5.74) is 11.6. The van der Waals surface area contributed by atoms with Crippen LogP contribution in [-0.4, -0.2) is 5.11 Å². The van der Waals surface area contributed by atoms with Crippen molar-refractivity contribution in [2.75, 3.05) is 9.80 Å². The van der Waals surface area contributed by atoms with Crippen molar-refractivity contribution in [2.45, 2.75) is 12.8 Å². The third kappa shape index (κ3) is 5.53. The van der Waals surface area contributed by atoms with Gasteiger partial charge in [-0.05, 0) is 102 Å². The predicted octanol–water partition coefficient (Wildman–Crippen LogP) is 11.8. The number of phenolic OH excluding ortho intramolecular Hbond substituents is 1. The van der Waals surface area contributed by atoms with Gasteiger partial charge >= 0.3 is 0 Å². The zero-order valence-electron chi connectivity index (χ0n) is 26.0. The van der Waals surface area contributed by atoms with E-state index in [1.54, 1.807) is 12.1 Å². The smallest absolute Gasteiger partial charge is 0.115 e. The highest BCUT2D eigenvalue weighted by Crippen LogP contribution is 2.41. The molecule has 8 rings (SSSR count). The van der Waals surface area contributed by atoms with Crippen LogP contribution in [-0.2, 0) is 6.42 Å². The van der Waals surface area contributed by atoms with Gasteiger partial charge < -0.3 is 14.9 Å². The van der Waals surface area contributed by atoms with Crippen molar-refractivity contribution >= 4 is 44.9 Å². The maximum Gasteiger partial charge on any atom is 0.115 e. The van der Waals surface area contributed by atoms with Crippen LogP contribution in [0.2, 0.25) is 0 Å². The molecule has 0 radical (unpaired) electrons. The van der Waals surface area contributed by atoms with Gasteiger partial charge in [-0.25, -0.2) is 0 Å². The molecule has 0 unspecified atom stereocenters. The first-order valence-electron chi connectivity index (χ1n) is 16.1. The molecule has 226 valence electrons. The summed E-state index contributed by atoms with van der Waals surface area (Å²) in [6.45, 7) is 0. The fourth-order valence-corrected chi connectivity index (χ4v) is 6.72. The average molecular weight is 607 g/mol. The monoisotopic (exact) mass is 606 g/mol. The summed E-state index contributed by atoms with van der Waals surface area (Å²) in [6, 6.07) is 59.4. The molecular weight excluding hydrogens is 572 g/mol. The van der Waals surface area contributed by atoms with Crippen LogP contribution in [0.25, 0.3) is 27.6 Å². The molecule has 0 spiro atoms. The van der Waals surface area contributed by atoms with Crippen molar-refractivity contribution in [1.82, 2.24) is 0 Å². The van der Waals surface area contributed by atoms with E-state index in [0.29, 0.717) is 0 Å². The van der Waals surface area contributed by atoms with Gasteiger partial charge in [-0.1, -0.05) is 109 Å². The Labute approximate surface area is 275 Å². The molecule has 1 aliphatic rings. The second kappa shape index (κ2) is 12.4. The Morgan fingerprint density at radius 1 is 0.447 bits per heavy atom. The molecule has 7 aromatic rings. The van der Waals surface area contributed by atoms with E-state index in [1.165, 1.54) is 27.6 Å². The highest BCUT2D eigenvalue weighted by Gasteiger charge is 2.21. The van der Waals surface area contributed by atoms with Gasteiger partial charge in [-0.2, -0.15) is 0 Å². The summed E-state index contributed by atoms with van der Waals surface area (Å²) in [5, 5.41) is 12.5. The van der Waals surface area contributed by atoms with Crippen LogP contribution < -0.4 is 9.80 Å². The molecule has 0 heterocycles. The van der Waals surface area contributed by atoms with Crippen LogP contribution in [0.4, 0.5) is 28.4 Å². The molecule has 0 amide bonds. The minimum Gasteiger partial charge on any atom is -0.508 e. The van der Waals surface area contributed by atoms with E-state index in [-0.39, 0.29) is 5.75 Å². The van der Waals surface area contributed by atoms with Gasteiger partial charge in [0.1, 0.15) is 5.75 Å². The quantitative estimate of drug-likeness (QED) is 0.196. The molecule has 1 aliphatic carbocycles. The van der Waals surface area contributed by atoms with Gasteiger partial charge in [0.2, 0.25) is 0 Å². The highest BCUT2D eigenvalue weighted by molar-refractivity contribution is 5.99. The van der Waals surface area contributed by atoms with Crippen LogP contribution in [0.3, 0.4) is 0 Å². The maximum absolute atomic E-state index is 10.0. The van der Waals surface area contributed by atoms with Crippen molar-refractivity contribution < 1.29 is 5.11 Å². The molecule has 0 aromatic heterocycles. The highest BCUT2D eigenvalue weighted by atomic mass is 16.3. The number of fused-ring (bicyclic) bond motifs is 2. The Kier molecular flexibility index (Phi) is 7.49. The normalized spacial score (nSPS) is 12.3. The summed E-state index contributed by atoms with van der Waals surface area (Å²) >= 11 is 0. The van der Waals surface area contributed by atoms with Crippen molar-refractivity contribution in [1.29, 1.82) is 0 Å². The maximum atomic E-state index is 10.0. The lowest BCUT2D eigenvalue weighted by atomic mass is 9.93. The molecule has 0 bridgehead atoms. The van der Waals surface area contributed by atoms with Crippen LogP contribution in [0.5, 0.6) is 5.75 Å². The summed E-state index contributed by atoms with van der Waals surface area (Å²) in [5.74, 6) is 0.261. The summed E-state index contributed by atoms with van der Waals surface area (Å²) in [4.78, 5) is 4.63. The number of benzene rings is 7. The van der Waals surface area contributed by atoms with E-state index >= 15 is 0 Å². The zero-order chi connectivity index (χ0) is 31.6. The van der Waals surface area contributed by atoms with E-state index in [2.05, 4.69) is 161 Å². The molecule has 7 aromatic carbocycles. The van der Waals surface area contributed by atoms with E-state index in [1.807, 2.05) is 12.1 Å². The summed E-state index contributed by atoms with van der Waals surface area (Å²) < 4.78 is 0. The van der Waals surface area contributed by atoms with Gasteiger partial charge in [0.05, 0.1) is 5.69 Å². The number of aryl methyl sites for hydroxylation is 1. The zero-order valence-corrected chi connectivity index (χ0v) is 26.0. The Morgan fingerprint density at radius 2 is 1.00 bits per heavy atom. The molecule has 0 saturated heterocycles. The van der Waals surface area contributed by atoms with Crippen molar-refractivity contribution in [2.24, 2.45) is 0 Å². The second-order valence-electron chi connectivity index (χ2n) is 11.9. The summed E-state index contributed by atoms with van der Waals surface area (Å²) in [7, 11) is 0. The first-order valence-corrected chi connectivity index (χ1v) is 16.1. The lowest BCUT2D eigenvalue weighted by Crippen LogP contribution is -2.18. The Balaban J connectivity index is 1.15. The Morgan fingerprint density at radius 3 is 1.72 bits per heavy atom. The van der Waals surface area contributed by atoms with Gasteiger partial charge in [0.25, 0.3) is 0 Å². The lowest BCUT2D eigenvalue weighted by Gasteiger charge is -2.31. The van der Waals surface area contributed by atoms with E-state index < -0.39 is 0 Å². The SMILES string of the molecule is Oc1ccc(N(C2=CCCc3ccccc32)c2ccc(-c3ccc(N(c4ccccc4)c4cccc5ccccc45)cc3)cc2)cc1. The Hall–Kier alpha value is -6.06. The van der Waals surface area contributed by atoms with Gasteiger partial charge in [-0.15, -0.1) is 0 Å². The molecule has 0 aliphatic heterocycles. The van der Waals surface area contributed by atoms with E-state index in [4.69, 9.17) is 0 Å². The first-order chi connectivity index (χ1) is 23.2. The number of hydrogen-bond donors (Lipinski definition) is 1. The number of allylic oxidation sites excluding steroid dienone is 1. The van der Waals surface area contributed by atoms with Crippen molar-refractivity contribution in [3.8, 4) is 16.9 Å². The van der Waals surface area contributed by atoms with Crippen LogP contribution in [0, 0.1) is 0 Å². The number of aromatic hydroxyl groups is 1. The minimum atomic E-state index is 0.261. The minimum absolute atomic E-state index is 0.261. The van der Waals surface area contributed by atoms with Crippen LogP contribution in [0.15, 0.2) is 176 Å². The average Bonchev–Trinajstić information content (AvgIpc) is 3.14. The molecule has 3 nitrogen and oxygen atoms in total. The number of rotatable bonds is 7. The fourth-order valence-electron chi connectivity index (χ4n) is 6.72. The third-order valence-corrected chi connectivity index (χ3v) is 9.00. The summed E-state index contributed by atoms with van der Waals surface area (Å²) in [6.07, 6.45) is 4.36. The van der Waals surface area contributed by atoms with E-state index in [0.717, 1.165) is 52.4 Å². The van der Waals surface area contributed by atoms with Gasteiger partial charge in [0, 0.05) is 39.4 Å². The standard InChI is InChI=1S/C44H34N2O/c47-40-30-28-39(29-31-40)46(44-19-9-13-35-11-5-7-17-42(35)44)38-26-22-33(23-27-38)32-20-24-37(25-21-32)45(36-14-2-1-3-15-36)43-18-8-12-34-10-4-6-16-41(34)43/h1-8,10-12,14-31,47H,9,13H2. The van der Waals surface area contributed by atoms with Crippen LogP contribution >= 0.6 is 0 Å². The molecule has 3 heteroatoms. The Bertz CT molecular complexity index is 2180. The van der Waals surface area contributed by atoms with Crippen LogP contribution in [0.1, 0.15) is 17.5 Å². The molecule has 0 atom stereocenters. The third-order valence-electron chi connectivity index (χ3n) is 9.00. The molecule has 0 fully saturated rings. The number of hydrogen-bond acceptors (Lipinski definition) is 3. The number of nitrogens with zero attached hydrogens (tertiary/aromatic N) is 2. The fraction of sp³-hybridized carbons (Fsp3) is 0.0455. The predicted molar refractivity (Wildman–Crippen MR) is 197 cm³/mol. The lowest BCUT2D eigenvalue weighted by molar-refractivity contribution is 0.475. The number of phenols is 1. The van der Waals surface area contributed by atoms with Gasteiger partial charge in [-0.3, -0.25) is 0 Å². The molecule has 1 N–H and O–H groups in total. The molecule has 47 heavy (non-hydrogen) atoms. The van der Waals surface area contributed by atoms with E-state index in [9.17, 15) is 5.11 Å². The topological polar surface area (TPSA) is 26.7 Å².